The molecule has 2 aliphatic rings. The third-order valence-electron chi connectivity index (χ3n) is 5.99. The number of phenols is 1. The molecule has 4 rings (SSSR count). The van der Waals surface area contributed by atoms with Gasteiger partial charge in [-0.25, -0.2) is 0 Å². The number of carbonyl (C=O) groups is 2. The van der Waals surface area contributed by atoms with Crippen molar-refractivity contribution in [2.45, 2.75) is 39.0 Å². The number of Topliss-reactive ketones (excluding diaryl/α,β-unsaturated/α-hetero) is 1. The van der Waals surface area contributed by atoms with Crippen molar-refractivity contribution < 1.29 is 24.2 Å². The molecule has 1 aliphatic heterocycles. The van der Waals surface area contributed by atoms with Crippen LogP contribution in [0.4, 0.5) is 5.69 Å². The highest BCUT2D eigenvalue weighted by atomic mass is 16.5. The van der Waals surface area contributed by atoms with Crippen molar-refractivity contribution in [3.63, 3.8) is 0 Å². The summed E-state index contributed by atoms with van der Waals surface area (Å²) in [5.74, 6) is -0.00857. The Morgan fingerprint density at radius 2 is 1.97 bits per heavy atom. The highest BCUT2D eigenvalue weighted by molar-refractivity contribution is 6.10. The fourth-order valence-electron chi connectivity index (χ4n) is 4.54. The molecule has 0 unspecified atom stereocenters. The van der Waals surface area contributed by atoms with Gasteiger partial charge in [-0.2, -0.15) is 0 Å². The quantitative estimate of drug-likeness (QED) is 0.606. The maximum Gasteiger partial charge on any atom is 0.254 e. The minimum atomic E-state index is -0.580. The van der Waals surface area contributed by atoms with E-state index >= 15 is 0 Å². The van der Waals surface area contributed by atoms with E-state index < -0.39 is 5.92 Å². The first kappa shape index (κ1) is 22.5. The molecule has 0 radical (unpaired) electrons. The van der Waals surface area contributed by atoms with Crippen LogP contribution in [-0.4, -0.2) is 30.5 Å². The number of ketones is 1. The number of dihydropyridines is 1. The zero-order chi connectivity index (χ0) is 23.5. The second kappa shape index (κ2) is 9.40. The number of nitrogens with one attached hydrogen (secondary N) is 2. The number of aromatic hydroxyl groups is 1. The summed E-state index contributed by atoms with van der Waals surface area (Å²) < 4.78 is 11.0. The number of para-hydroxylation sites is 2. The van der Waals surface area contributed by atoms with Crippen LogP contribution in [0.1, 0.15) is 44.6 Å². The molecule has 0 saturated carbocycles. The van der Waals surface area contributed by atoms with Gasteiger partial charge in [0.15, 0.2) is 17.3 Å². The number of hydrogen-bond acceptors (Lipinski definition) is 6. The summed E-state index contributed by atoms with van der Waals surface area (Å²) in [5.41, 5.74) is 3.85. The molecule has 1 heterocycles. The van der Waals surface area contributed by atoms with E-state index in [9.17, 15) is 14.7 Å². The van der Waals surface area contributed by atoms with Crippen LogP contribution >= 0.6 is 0 Å². The van der Waals surface area contributed by atoms with Gasteiger partial charge in [0.2, 0.25) is 0 Å². The number of anilines is 1. The SMILES string of the molecule is CCOc1cc([C@@H]2C(C(=O)Nc3ccccc3OC)=C(C)NC3=C2C(=O)CCC3)ccc1O. The average molecular weight is 449 g/mol. The van der Waals surface area contributed by atoms with Crippen LogP contribution in [-0.2, 0) is 9.59 Å². The third-order valence-corrected chi connectivity index (χ3v) is 5.99. The number of benzene rings is 2. The average Bonchev–Trinajstić information content (AvgIpc) is 2.80. The summed E-state index contributed by atoms with van der Waals surface area (Å²) in [7, 11) is 1.55. The zero-order valence-corrected chi connectivity index (χ0v) is 19.0. The Hall–Kier alpha value is -3.74. The molecule has 2 aromatic rings. The molecule has 0 fully saturated rings. The standard InChI is InChI=1S/C26H28N2O5/c1-4-33-22-14-16(12-13-19(22)29)24-23(15(2)27-18-9-7-10-20(30)25(18)24)26(31)28-17-8-5-6-11-21(17)32-3/h5-6,8,11-14,24,27,29H,4,7,9-10H2,1-3H3,(H,28,31)/t24-/m1/s1. The fraction of sp³-hybridized carbons (Fsp3) is 0.308. The summed E-state index contributed by atoms with van der Waals surface area (Å²) in [6.45, 7) is 4.06. The number of phenolic OH excluding ortho intramolecular Hbond substituents is 1. The first-order valence-electron chi connectivity index (χ1n) is 11.1. The van der Waals surface area contributed by atoms with Crippen LogP contribution in [0.5, 0.6) is 17.2 Å². The van der Waals surface area contributed by atoms with Crippen molar-refractivity contribution in [1.82, 2.24) is 5.32 Å². The fourth-order valence-corrected chi connectivity index (χ4v) is 4.54. The summed E-state index contributed by atoms with van der Waals surface area (Å²) in [6.07, 6.45) is 1.95. The molecule has 0 spiro atoms. The lowest BCUT2D eigenvalue weighted by Gasteiger charge is -2.34. The lowest BCUT2D eigenvalue weighted by Crippen LogP contribution is -2.35. The molecule has 0 aromatic heterocycles. The minimum absolute atomic E-state index is 0.0134. The highest BCUT2D eigenvalue weighted by Crippen LogP contribution is 2.44. The molecule has 0 saturated heterocycles. The Balaban J connectivity index is 1.81. The van der Waals surface area contributed by atoms with Crippen LogP contribution in [0, 0.1) is 0 Å². The number of hydrogen-bond donors (Lipinski definition) is 3. The van der Waals surface area contributed by atoms with Crippen LogP contribution in [0.2, 0.25) is 0 Å². The van der Waals surface area contributed by atoms with Crippen LogP contribution in [0.15, 0.2) is 65.0 Å². The van der Waals surface area contributed by atoms with E-state index in [4.69, 9.17) is 9.47 Å². The van der Waals surface area contributed by atoms with Crippen LogP contribution < -0.4 is 20.1 Å². The molecule has 0 bridgehead atoms. The van der Waals surface area contributed by atoms with Gasteiger partial charge in [-0.15, -0.1) is 0 Å². The smallest absolute Gasteiger partial charge is 0.254 e. The Morgan fingerprint density at radius 3 is 2.73 bits per heavy atom. The van der Waals surface area contributed by atoms with Crippen molar-refractivity contribution in [2.24, 2.45) is 0 Å². The molecule has 1 atom stereocenters. The second-order valence-electron chi connectivity index (χ2n) is 8.08. The van der Waals surface area contributed by atoms with E-state index in [-0.39, 0.29) is 17.4 Å². The van der Waals surface area contributed by atoms with Gasteiger partial charge in [-0.05, 0) is 56.5 Å². The maximum absolute atomic E-state index is 13.6. The van der Waals surface area contributed by atoms with E-state index in [1.54, 1.807) is 37.4 Å². The molecule has 1 aliphatic carbocycles. The molecule has 3 N–H and O–H groups in total. The predicted octanol–water partition coefficient (Wildman–Crippen LogP) is 4.41. The molecular formula is C26H28N2O5. The summed E-state index contributed by atoms with van der Waals surface area (Å²) in [5, 5.41) is 16.5. The van der Waals surface area contributed by atoms with Gasteiger partial charge in [0.05, 0.1) is 19.4 Å². The normalized spacial score (nSPS) is 17.9. The van der Waals surface area contributed by atoms with Crippen molar-refractivity contribution in [1.29, 1.82) is 0 Å². The van der Waals surface area contributed by atoms with E-state index in [1.807, 2.05) is 26.0 Å². The van der Waals surface area contributed by atoms with Gasteiger partial charge >= 0.3 is 0 Å². The number of rotatable bonds is 6. The molecule has 172 valence electrons. The first-order chi connectivity index (χ1) is 15.9. The second-order valence-corrected chi connectivity index (χ2v) is 8.08. The van der Waals surface area contributed by atoms with Gasteiger partial charge in [-0.1, -0.05) is 18.2 Å². The largest absolute Gasteiger partial charge is 0.504 e. The van der Waals surface area contributed by atoms with Gasteiger partial charge < -0.3 is 25.2 Å². The van der Waals surface area contributed by atoms with E-state index in [2.05, 4.69) is 10.6 Å². The summed E-state index contributed by atoms with van der Waals surface area (Å²) >= 11 is 0. The molecule has 2 aromatic carbocycles. The molecular weight excluding hydrogens is 420 g/mol. The first-order valence-corrected chi connectivity index (χ1v) is 11.1. The topological polar surface area (TPSA) is 96.9 Å². The maximum atomic E-state index is 13.6. The van der Waals surface area contributed by atoms with Gasteiger partial charge in [0.25, 0.3) is 5.91 Å². The monoisotopic (exact) mass is 448 g/mol. The van der Waals surface area contributed by atoms with Gasteiger partial charge in [-0.3, -0.25) is 9.59 Å². The summed E-state index contributed by atoms with van der Waals surface area (Å²) in [4.78, 5) is 26.7. The molecule has 1 amide bonds. The molecule has 33 heavy (non-hydrogen) atoms. The number of amides is 1. The third kappa shape index (κ3) is 4.31. The Labute approximate surface area is 193 Å². The van der Waals surface area contributed by atoms with Gasteiger partial charge in [0, 0.05) is 34.9 Å². The van der Waals surface area contributed by atoms with E-state index in [0.717, 1.165) is 18.5 Å². The Kier molecular flexibility index (Phi) is 6.40. The van der Waals surface area contributed by atoms with Crippen molar-refractivity contribution in [3.8, 4) is 17.2 Å². The minimum Gasteiger partial charge on any atom is -0.504 e. The van der Waals surface area contributed by atoms with E-state index in [0.29, 0.717) is 52.6 Å². The van der Waals surface area contributed by atoms with Crippen molar-refractivity contribution in [2.75, 3.05) is 19.0 Å². The Morgan fingerprint density at radius 1 is 1.18 bits per heavy atom. The number of methoxy groups -OCH3 is 1. The lowest BCUT2D eigenvalue weighted by atomic mass is 9.75. The number of ether oxygens (including phenoxy) is 2. The highest BCUT2D eigenvalue weighted by Gasteiger charge is 2.38. The molecule has 7 nitrogen and oxygen atoms in total. The number of allylic oxidation sites excluding steroid dienone is 3. The van der Waals surface area contributed by atoms with Crippen molar-refractivity contribution >= 4 is 17.4 Å². The van der Waals surface area contributed by atoms with Crippen LogP contribution in [0.3, 0.4) is 0 Å². The van der Waals surface area contributed by atoms with Crippen LogP contribution in [0.25, 0.3) is 0 Å². The predicted molar refractivity (Wildman–Crippen MR) is 125 cm³/mol. The van der Waals surface area contributed by atoms with Gasteiger partial charge in [0.1, 0.15) is 5.75 Å². The molecule has 7 heteroatoms. The lowest BCUT2D eigenvalue weighted by molar-refractivity contribution is -0.116. The van der Waals surface area contributed by atoms with Crippen molar-refractivity contribution in [3.05, 3.63) is 70.6 Å². The number of carbonyl (C=O) groups excluding carboxylic acids is 2. The zero-order valence-electron chi connectivity index (χ0n) is 19.0. The summed E-state index contributed by atoms with van der Waals surface area (Å²) in [6, 6.07) is 12.2. The Bertz CT molecular complexity index is 1170. The van der Waals surface area contributed by atoms with E-state index in [1.165, 1.54) is 0 Å².